The van der Waals surface area contributed by atoms with Crippen LogP contribution in [0.2, 0.25) is 0 Å². The first-order valence-electron chi connectivity index (χ1n) is 5.11. The largest absolute Gasteiger partial charge is 0.494 e. The number of ether oxygens (including phenoxy) is 1. The third-order valence-corrected chi connectivity index (χ3v) is 1.52. The first kappa shape index (κ1) is 14.4. The Balaban J connectivity index is 0.000000673. The van der Waals surface area contributed by atoms with Crippen molar-refractivity contribution in [2.45, 2.75) is 13.3 Å². The van der Waals surface area contributed by atoms with Crippen molar-refractivity contribution in [2.75, 3.05) is 20.7 Å². The highest BCUT2D eigenvalue weighted by molar-refractivity contribution is 5.35. The number of nitrogens with one attached hydrogen (secondary N) is 1. The molecule has 0 aromatic heterocycles. The summed E-state index contributed by atoms with van der Waals surface area (Å²) in [6.07, 6.45) is 0.928. The lowest BCUT2D eigenvalue weighted by Crippen LogP contribution is -1.95. The second kappa shape index (κ2) is 8.67. The van der Waals surface area contributed by atoms with E-state index in [-0.39, 0.29) is 5.69 Å². The van der Waals surface area contributed by atoms with Crippen LogP contribution in [0, 0.1) is 10.1 Å². The SMILES string of the molecule is CCCOc1ccc([N+](=O)[O-])cc1.CNC. The number of rotatable bonds is 4. The van der Waals surface area contributed by atoms with Crippen LogP contribution in [0.25, 0.3) is 0 Å². The fourth-order valence-electron chi connectivity index (χ4n) is 0.884. The van der Waals surface area contributed by atoms with E-state index in [1.54, 1.807) is 12.1 Å². The van der Waals surface area contributed by atoms with Gasteiger partial charge in [0.25, 0.3) is 5.69 Å². The quantitative estimate of drug-likeness (QED) is 0.631. The van der Waals surface area contributed by atoms with E-state index in [0.717, 1.165) is 6.42 Å². The molecule has 0 amide bonds. The maximum atomic E-state index is 10.3. The van der Waals surface area contributed by atoms with E-state index in [0.29, 0.717) is 12.4 Å². The van der Waals surface area contributed by atoms with Crippen molar-refractivity contribution in [2.24, 2.45) is 0 Å². The molecule has 0 aliphatic carbocycles. The van der Waals surface area contributed by atoms with Crippen LogP contribution in [-0.2, 0) is 0 Å². The molecule has 5 nitrogen and oxygen atoms in total. The molecule has 1 rings (SSSR count). The zero-order valence-corrected chi connectivity index (χ0v) is 9.90. The van der Waals surface area contributed by atoms with Crippen LogP contribution in [0.4, 0.5) is 5.69 Å². The van der Waals surface area contributed by atoms with Crippen molar-refractivity contribution >= 4 is 5.69 Å². The predicted molar refractivity (Wildman–Crippen MR) is 63.9 cm³/mol. The molecule has 0 unspecified atom stereocenters. The van der Waals surface area contributed by atoms with Gasteiger partial charge in [-0.25, -0.2) is 0 Å². The summed E-state index contributed by atoms with van der Waals surface area (Å²) in [7, 11) is 3.75. The Kier molecular flexibility index (Phi) is 7.79. The van der Waals surface area contributed by atoms with E-state index in [9.17, 15) is 10.1 Å². The summed E-state index contributed by atoms with van der Waals surface area (Å²) >= 11 is 0. The molecule has 0 fully saturated rings. The van der Waals surface area contributed by atoms with Crippen LogP contribution in [0.3, 0.4) is 0 Å². The maximum absolute atomic E-state index is 10.3. The van der Waals surface area contributed by atoms with Crippen LogP contribution in [0.5, 0.6) is 5.75 Å². The number of hydrogen-bond donors (Lipinski definition) is 1. The topological polar surface area (TPSA) is 64.4 Å². The predicted octanol–water partition coefficient (Wildman–Crippen LogP) is 2.22. The summed E-state index contributed by atoms with van der Waals surface area (Å²) in [6, 6.07) is 6.08. The molecule has 1 aromatic rings. The Morgan fingerprint density at radius 3 is 2.19 bits per heavy atom. The fraction of sp³-hybridized carbons (Fsp3) is 0.455. The molecular formula is C11H18N2O3. The second-order valence-corrected chi connectivity index (χ2v) is 3.10. The van der Waals surface area contributed by atoms with Crippen molar-refractivity contribution in [1.29, 1.82) is 0 Å². The molecule has 0 heterocycles. The van der Waals surface area contributed by atoms with Crippen molar-refractivity contribution in [3.63, 3.8) is 0 Å². The van der Waals surface area contributed by atoms with Gasteiger partial charge < -0.3 is 10.1 Å². The van der Waals surface area contributed by atoms with E-state index in [4.69, 9.17) is 4.74 Å². The lowest BCUT2D eigenvalue weighted by atomic mass is 10.3. The van der Waals surface area contributed by atoms with Crippen LogP contribution in [0.15, 0.2) is 24.3 Å². The number of nitro benzene ring substituents is 1. The molecule has 0 aliphatic rings. The van der Waals surface area contributed by atoms with E-state index >= 15 is 0 Å². The third kappa shape index (κ3) is 5.98. The highest BCUT2D eigenvalue weighted by atomic mass is 16.6. The van der Waals surface area contributed by atoms with Gasteiger partial charge in [-0.1, -0.05) is 6.92 Å². The lowest BCUT2D eigenvalue weighted by Gasteiger charge is -2.02. The van der Waals surface area contributed by atoms with Crippen LogP contribution in [-0.4, -0.2) is 25.6 Å². The minimum Gasteiger partial charge on any atom is -0.494 e. The average molecular weight is 226 g/mol. The molecule has 0 aliphatic heterocycles. The average Bonchev–Trinajstić information content (AvgIpc) is 2.28. The van der Waals surface area contributed by atoms with Gasteiger partial charge in [0.05, 0.1) is 11.5 Å². The maximum Gasteiger partial charge on any atom is 0.269 e. The molecule has 0 atom stereocenters. The zero-order chi connectivity index (χ0) is 12.4. The van der Waals surface area contributed by atoms with Crippen molar-refractivity contribution in [3.8, 4) is 5.75 Å². The van der Waals surface area contributed by atoms with Gasteiger partial charge in [-0.15, -0.1) is 0 Å². The molecule has 5 heteroatoms. The van der Waals surface area contributed by atoms with Crippen molar-refractivity contribution < 1.29 is 9.66 Å². The Morgan fingerprint density at radius 1 is 1.31 bits per heavy atom. The number of hydrogen-bond acceptors (Lipinski definition) is 4. The molecule has 0 bridgehead atoms. The van der Waals surface area contributed by atoms with Gasteiger partial charge in [0.2, 0.25) is 0 Å². The Hall–Kier alpha value is -1.62. The number of benzene rings is 1. The van der Waals surface area contributed by atoms with Crippen molar-refractivity contribution in [1.82, 2.24) is 5.32 Å². The summed E-state index contributed by atoms with van der Waals surface area (Å²) in [5.74, 6) is 0.674. The molecule has 0 saturated carbocycles. The minimum absolute atomic E-state index is 0.0869. The highest BCUT2D eigenvalue weighted by Crippen LogP contribution is 2.17. The first-order valence-corrected chi connectivity index (χ1v) is 5.11. The fourth-order valence-corrected chi connectivity index (χ4v) is 0.884. The zero-order valence-electron chi connectivity index (χ0n) is 9.90. The molecule has 0 radical (unpaired) electrons. The third-order valence-electron chi connectivity index (χ3n) is 1.52. The van der Waals surface area contributed by atoms with Crippen LogP contribution < -0.4 is 10.1 Å². The standard InChI is InChI=1S/C9H11NO3.C2H7N/c1-2-7-13-9-5-3-8(4-6-9)10(11)12;1-3-2/h3-6H,2,7H2,1H3;3H,1-2H3. The van der Waals surface area contributed by atoms with Gasteiger partial charge in [0.1, 0.15) is 5.75 Å². The molecule has 90 valence electrons. The number of nitro groups is 1. The van der Waals surface area contributed by atoms with E-state index in [1.807, 2.05) is 21.0 Å². The molecule has 1 N–H and O–H groups in total. The van der Waals surface area contributed by atoms with E-state index in [2.05, 4.69) is 5.32 Å². The minimum atomic E-state index is -0.427. The first-order chi connectivity index (χ1) is 7.65. The van der Waals surface area contributed by atoms with E-state index < -0.39 is 4.92 Å². The summed E-state index contributed by atoms with van der Waals surface area (Å²) in [5.41, 5.74) is 0.0869. The Bertz CT molecular complexity index is 299. The summed E-state index contributed by atoms with van der Waals surface area (Å²) in [4.78, 5) is 9.86. The Morgan fingerprint density at radius 2 is 1.81 bits per heavy atom. The Labute approximate surface area is 95.6 Å². The van der Waals surface area contributed by atoms with Gasteiger partial charge in [0.15, 0.2) is 0 Å². The summed E-state index contributed by atoms with van der Waals surface area (Å²) in [6.45, 7) is 2.64. The van der Waals surface area contributed by atoms with Crippen LogP contribution in [0.1, 0.15) is 13.3 Å². The monoisotopic (exact) mass is 226 g/mol. The van der Waals surface area contributed by atoms with Gasteiger partial charge in [-0.05, 0) is 32.6 Å². The van der Waals surface area contributed by atoms with Crippen molar-refractivity contribution in [3.05, 3.63) is 34.4 Å². The summed E-state index contributed by atoms with van der Waals surface area (Å²) < 4.78 is 5.27. The molecule has 0 saturated heterocycles. The van der Waals surface area contributed by atoms with Gasteiger partial charge in [-0.2, -0.15) is 0 Å². The normalized spacial score (nSPS) is 8.94. The molecule has 16 heavy (non-hydrogen) atoms. The van der Waals surface area contributed by atoms with Gasteiger partial charge in [0, 0.05) is 12.1 Å². The smallest absolute Gasteiger partial charge is 0.269 e. The van der Waals surface area contributed by atoms with Gasteiger partial charge >= 0.3 is 0 Å². The summed E-state index contributed by atoms with van der Waals surface area (Å²) in [5, 5.41) is 13.0. The number of non-ortho nitro benzene ring substituents is 1. The van der Waals surface area contributed by atoms with E-state index in [1.165, 1.54) is 12.1 Å². The highest BCUT2D eigenvalue weighted by Gasteiger charge is 2.03. The molecular weight excluding hydrogens is 208 g/mol. The molecule has 1 aromatic carbocycles. The number of nitrogens with zero attached hydrogens (tertiary/aromatic N) is 1. The van der Waals surface area contributed by atoms with Gasteiger partial charge in [-0.3, -0.25) is 10.1 Å². The second-order valence-electron chi connectivity index (χ2n) is 3.10. The molecule has 0 spiro atoms. The van der Waals surface area contributed by atoms with Crippen LogP contribution >= 0.6 is 0 Å². The lowest BCUT2D eigenvalue weighted by molar-refractivity contribution is -0.384.